The Hall–Kier alpha value is 0.410. The summed E-state index contributed by atoms with van der Waals surface area (Å²) in [4.78, 5) is 0. The van der Waals surface area contributed by atoms with Gasteiger partial charge in [0.2, 0.25) is 0 Å². The lowest BCUT2D eigenvalue weighted by molar-refractivity contribution is -0.619. The van der Waals surface area contributed by atoms with Gasteiger partial charge >= 0.3 is 0 Å². The highest BCUT2D eigenvalue weighted by molar-refractivity contribution is 14.1. The second-order valence-electron chi connectivity index (χ2n) is 1.47. The van der Waals surface area contributed by atoms with E-state index in [1.165, 1.54) is 6.20 Å². The SMILES string of the molecule is [O-][n+]1cccc(I)c1I. The molecule has 0 N–H and O–H groups in total. The van der Waals surface area contributed by atoms with Gasteiger partial charge in [0.05, 0.1) is 3.57 Å². The van der Waals surface area contributed by atoms with Crippen molar-refractivity contribution in [2.24, 2.45) is 0 Å². The minimum atomic E-state index is 0.732. The molecule has 2 nitrogen and oxygen atoms in total. The Labute approximate surface area is 80.1 Å². The Kier molecular flexibility index (Phi) is 2.50. The molecule has 0 aliphatic carbocycles. The van der Waals surface area contributed by atoms with Crippen molar-refractivity contribution >= 4 is 45.2 Å². The molecule has 9 heavy (non-hydrogen) atoms. The molecule has 1 heterocycles. The zero-order chi connectivity index (χ0) is 6.85. The highest BCUT2D eigenvalue weighted by atomic mass is 127. The van der Waals surface area contributed by atoms with Gasteiger partial charge in [0.1, 0.15) is 0 Å². The molecule has 48 valence electrons. The Morgan fingerprint density at radius 2 is 2.11 bits per heavy atom. The van der Waals surface area contributed by atoms with Gasteiger partial charge in [0, 0.05) is 28.7 Å². The van der Waals surface area contributed by atoms with Gasteiger partial charge in [-0.25, -0.2) is 0 Å². The molecule has 0 radical (unpaired) electrons. The van der Waals surface area contributed by atoms with Gasteiger partial charge in [0.15, 0.2) is 6.20 Å². The first-order chi connectivity index (χ1) is 4.22. The molecule has 0 fully saturated rings. The van der Waals surface area contributed by atoms with Crippen molar-refractivity contribution in [2.45, 2.75) is 0 Å². The zero-order valence-electron chi connectivity index (χ0n) is 4.34. The lowest BCUT2D eigenvalue weighted by atomic mass is 10.5. The Bertz CT molecular complexity index is 206. The smallest absolute Gasteiger partial charge is 0.265 e. The van der Waals surface area contributed by atoms with Crippen LogP contribution >= 0.6 is 45.2 Å². The van der Waals surface area contributed by atoms with Gasteiger partial charge in [0.25, 0.3) is 3.70 Å². The van der Waals surface area contributed by atoms with E-state index in [-0.39, 0.29) is 0 Å². The van der Waals surface area contributed by atoms with Gasteiger partial charge in [-0.1, -0.05) is 0 Å². The summed E-state index contributed by atoms with van der Waals surface area (Å²) in [6, 6.07) is 3.63. The van der Waals surface area contributed by atoms with Crippen LogP contribution in [0.25, 0.3) is 0 Å². The van der Waals surface area contributed by atoms with Crippen molar-refractivity contribution in [1.82, 2.24) is 0 Å². The molecule has 0 atom stereocenters. The average Bonchev–Trinajstić information content (AvgIpc) is 1.83. The second-order valence-corrected chi connectivity index (χ2v) is 3.66. The summed E-state index contributed by atoms with van der Waals surface area (Å²) in [6.45, 7) is 0. The van der Waals surface area contributed by atoms with Gasteiger partial charge in [-0.15, -0.1) is 0 Å². The van der Waals surface area contributed by atoms with Crippen LogP contribution in [0.15, 0.2) is 18.3 Å². The summed E-state index contributed by atoms with van der Waals surface area (Å²) in [5, 5.41) is 10.7. The van der Waals surface area contributed by atoms with E-state index in [1.807, 2.05) is 28.7 Å². The number of rotatable bonds is 0. The van der Waals surface area contributed by atoms with Gasteiger partial charge in [-0.05, 0) is 28.7 Å². The molecule has 0 saturated carbocycles. The number of hydrogen-bond acceptors (Lipinski definition) is 1. The predicted octanol–water partition coefficient (Wildman–Crippen LogP) is 1.53. The average molecular weight is 347 g/mol. The third-order valence-electron chi connectivity index (χ3n) is 0.855. The van der Waals surface area contributed by atoms with Crippen molar-refractivity contribution in [2.75, 3.05) is 0 Å². The topological polar surface area (TPSA) is 26.9 Å². The molecule has 0 spiro atoms. The van der Waals surface area contributed by atoms with Crippen LogP contribution in [-0.4, -0.2) is 0 Å². The van der Waals surface area contributed by atoms with E-state index < -0.39 is 0 Å². The lowest BCUT2D eigenvalue weighted by Gasteiger charge is -1.97. The van der Waals surface area contributed by atoms with Crippen molar-refractivity contribution < 1.29 is 4.73 Å². The van der Waals surface area contributed by atoms with Gasteiger partial charge < -0.3 is 5.21 Å². The number of hydrogen-bond donors (Lipinski definition) is 0. The van der Waals surface area contributed by atoms with E-state index in [2.05, 4.69) is 22.6 Å². The largest absolute Gasteiger partial charge is 0.618 e. The fourth-order valence-corrected chi connectivity index (χ4v) is 1.23. The molecule has 0 amide bonds. The van der Waals surface area contributed by atoms with Crippen LogP contribution in [0.2, 0.25) is 0 Å². The Balaban J connectivity index is 3.25. The minimum Gasteiger partial charge on any atom is -0.618 e. The first-order valence-corrected chi connectivity index (χ1v) is 4.41. The maximum atomic E-state index is 10.7. The maximum Gasteiger partial charge on any atom is 0.265 e. The summed E-state index contributed by atoms with van der Waals surface area (Å²) in [7, 11) is 0. The number of halogens is 2. The standard InChI is InChI=1S/C5H3I2NO/c6-4-2-1-3-8(9)5(4)7/h1-3H. The molecule has 0 unspecified atom stereocenters. The molecule has 4 heteroatoms. The fourth-order valence-electron chi connectivity index (χ4n) is 0.445. The van der Waals surface area contributed by atoms with E-state index >= 15 is 0 Å². The molecule has 0 aromatic carbocycles. The van der Waals surface area contributed by atoms with Crippen LogP contribution in [-0.2, 0) is 0 Å². The van der Waals surface area contributed by atoms with E-state index in [0.717, 1.165) is 12.0 Å². The van der Waals surface area contributed by atoms with E-state index in [1.54, 1.807) is 6.07 Å². The van der Waals surface area contributed by atoms with Crippen LogP contribution in [0, 0.1) is 12.5 Å². The summed E-state index contributed by atoms with van der Waals surface area (Å²) in [5.74, 6) is 0. The minimum absolute atomic E-state index is 0.732. The summed E-state index contributed by atoms with van der Waals surface area (Å²) in [5.41, 5.74) is 0. The number of aromatic nitrogens is 1. The van der Waals surface area contributed by atoms with Gasteiger partial charge in [-0.2, -0.15) is 4.73 Å². The van der Waals surface area contributed by atoms with Crippen LogP contribution in [0.1, 0.15) is 0 Å². The van der Waals surface area contributed by atoms with Crippen LogP contribution in [0.5, 0.6) is 0 Å². The highest BCUT2D eigenvalue weighted by Crippen LogP contribution is 2.08. The third-order valence-corrected chi connectivity index (χ3v) is 3.81. The van der Waals surface area contributed by atoms with Gasteiger partial charge in [-0.3, -0.25) is 0 Å². The molecule has 1 aromatic heterocycles. The van der Waals surface area contributed by atoms with E-state index in [4.69, 9.17) is 0 Å². The first kappa shape index (κ1) is 7.52. The molecule has 0 saturated heterocycles. The highest BCUT2D eigenvalue weighted by Gasteiger charge is 2.02. The van der Waals surface area contributed by atoms with Crippen molar-refractivity contribution in [3.8, 4) is 0 Å². The maximum absolute atomic E-state index is 10.7. The molecule has 0 aliphatic rings. The van der Waals surface area contributed by atoms with E-state index in [0.29, 0.717) is 0 Å². The van der Waals surface area contributed by atoms with E-state index in [9.17, 15) is 5.21 Å². The summed E-state index contributed by atoms with van der Waals surface area (Å²) in [6.07, 6.45) is 1.49. The third kappa shape index (κ3) is 1.66. The summed E-state index contributed by atoms with van der Waals surface area (Å²) >= 11 is 4.13. The molecule has 1 aromatic rings. The second kappa shape index (κ2) is 3.00. The molecule has 0 bridgehead atoms. The van der Waals surface area contributed by atoms with Crippen molar-refractivity contribution in [1.29, 1.82) is 0 Å². The van der Waals surface area contributed by atoms with Crippen LogP contribution in [0.3, 0.4) is 0 Å². The zero-order valence-corrected chi connectivity index (χ0v) is 8.66. The van der Waals surface area contributed by atoms with Crippen molar-refractivity contribution in [3.63, 3.8) is 0 Å². The van der Waals surface area contributed by atoms with Crippen LogP contribution in [0.4, 0.5) is 0 Å². The molecular formula is C5H3I2NO. The monoisotopic (exact) mass is 347 g/mol. The Morgan fingerprint density at radius 3 is 2.56 bits per heavy atom. The molecule has 0 aliphatic heterocycles. The number of nitrogens with zero attached hydrogens (tertiary/aromatic N) is 1. The first-order valence-electron chi connectivity index (χ1n) is 2.25. The Morgan fingerprint density at radius 1 is 1.44 bits per heavy atom. The fraction of sp³-hybridized carbons (Fsp3) is 0. The lowest BCUT2D eigenvalue weighted by Crippen LogP contribution is -2.30. The molecular weight excluding hydrogens is 344 g/mol. The van der Waals surface area contributed by atoms with Crippen LogP contribution < -0.4 is 4.73 Å². The summed E-state index contributed by atoms with van der Waals surface area (Å²) < 4.78 is 2.57. The molecule has 1 rings (SSSR count). The quantitative estimate of drug-likeness (QED) is 0.303. The normalized spacial score (nSPS) is 9.56. The number of pyridine rings is 1. The predicted molar refractivity (Wildman–Crippen MR) is 50.8 cm³/mol. The van der Waals surface area contributed by atoms with Crippen molar-refractivity contribution in [3.05, 3.63) is 30.8 Å².